The van der Waals surface area contributed by atoms with Gasteiger partial charge >= 0.3 is 0 Å². The zero-order valence-corrected chi connectivity index (χ0v) is 10.3. The number of unbranched alkanes of at least 4 members (excludes halogenated alkanes) is 1. The number of hydrogen-bond acceptors (Lipinski definition) is 2. The number of nitriles is 1. The van der Waals surface area contributed by atoms with Crippen molar-refractivity contribution in [1.82, 2.24) is 4.90 Å². The van der Waals surface area contributed by atoms with E-state index in [2.05, 4.69) is 13.8 Å². The van der Waals surface area contributed by atoms with Crippen LogP contribution < -0.4 is 0 Å². The maximum Gasteiger partial charge on any atom is 0.239 e. The molecule has 0 aliphatic rings. The van der Waals surface area contributed by atoms with Gasteiger partial charge in [0, 0.05) is 12.6 Å². The lowest BCUT2D eigenvalue weighted by Gasteiger charge is -2.29. The highest BCUT2D eigenvalue weighted by molar-refractivity contribution is 5.81. The Morgan fingerprint density at radius 3 is 2.40 bits per heavy atom. The van der Waals surface area contributed by atoms with Gasteiger partial charge in [0.1, 0.15) is 5.92 Å². The topological polar surface area (TPSA) is 44.1 Å². The van der Waals surface area contributed by atoms with Gasteiger partial charge in [0.2, 0.25) is 5.91 Å². The molecular weight excluding hydrogens is 188 g/mol. The highest BCUT2D eigenvalue weighted by Gasteiger charge is 2.22. The molecule has 0 bridgehead atoms. The van der Waals surface area contributed by atoms with E-state index < -0.39 is 5.92 Å². The second kappa shape index (κ2) is 7.28. The van der Waals surface area contributed by atoms with Gasteiger partial charge in [-0.3, -0.25) is 4.79 Å². The van der Waals surface area contributed by atoms with Gasteiger partial charge in [-0.15, -0.1) is 0 Å². The molecule has 1 amide bonds. The summed E-state index contributed by atoms with van der Waals surface area (Å²) in [6.07, 6.45) is 3.02. The second-order valence-corrected chi connectivity index (χ2v) is 3.99. The monoisotopic (exact) mass is 210 g/mol. The van der Waals surface area contributed by atoms with Crippen LogP contribution >= 0.6 is 0 Å². The largest absolute Gasteiger partial charge is 0.339 e. The second-order valence-electron chi connectivity index (χ2n) is 3.99. The minimum atomic E-state index is -0.518. The van der Waals surface area contributed by atoms with Gasteiger partial charge in [0.15, 0.2) is 0 Å². The van der Waals surface area contributed by atoms with Crippen molar-refractivity contribution in [3.63, 3.8) is 0 Å². The minimum Gasteiger partial charge on any atom is -0.339 e. The lowest BCUT2D eigenvalue weighted by molar-refractivity contribution is -0.135. The number of carbonyl (C=O) groups excluding carboxylic acids is 1. The van der Waals surface area contributed by atoms with Gasteiger partial charge in [-0.2, -0.15) is 5.26 Å². The smallest absolute Gasteiger partial charge is 0.239 e. The molecular formula is C12H22N2O. The van der Waals surface area contributed by atoms with Crippen LogP contribution in [0.3, 0.4) is 0 Å². The summed E-state index contributed by atoms with van der Waals surface area (Å²) in [6, 6.07) is 2.25. The first-order valence-corrected chi connectivity index (χ1v) is 5.78. The highest BCUT2D eigenvalue weighted by Crippen LogP contribution is 2.10. The Morgan fingerprint density at radius 2 is 2.00 bits per heavy atom. The first-order chi connectivity index (χ1) is 7.08. The zero-order valence-electron chi connectivity index (χ0n) is 10.3. The SMILES string of the molecule is CCCCN(C(=O)C(C)C#N)C(C)CC. The van der Waals surface area contributed by atoms with Crippen LogP contribution in [0.4, 0.5) is 0 Å². The summed E-state index contributed by atoms with van der Waals surface area (Å²) in [5.41, 5.74) is 0. The van der Waals surface area contributed by atoms with Crippen molar-refractivity contribution in [2.24, 2.45) is 5.92 Å². The molecule has 0 aromatic rings. The number of nitrogens with zero attached hydrogens (tertiary/aromatic N) is 2. The predicted octanol–water partition coefficient (Wildman–Crippen LogP) is 2.57. The van der Waals surface area contributed by atoms with E-state index >= 15 is 0 Å². The van der Waals surface area contributed by atoms with Gasteiger partial charge in [-0.25, -0.2) is 0 Å². The molecule has 0 N–H and O–H groups in total. The molecule has 2 unspecified atom stereocenters. The quantitative estimate of drug-likeness (QED) is 0.676. The molecule has 0 aliphatic carbocycles. The Kier molecular flexibility index (Phi) is 6.77. The molecule has 15 heavy (non-hydrogen) atoms. The maximum absolute atomic E-state index is 11.9. The van der Waals surface area contributed by atoms with Crippen LogP contribution in [0.25, 0.3) is 0 Å². The van der Waals surface area contributed by atoms with Gasteiger partial charge in [-0.1, -0.05) is 20.3 Å². The lowest BCUT2D eigenvalue weighted by atomic mass is 10.1. The average molecular weight is 210 g/mol. The fourth-order valence-electron chi connectivity index (χ4n) is 1.40. The van der Waals surface area contributed by atoms with Gasteiger partial charge < -0.3 is 4.90 Å². The molecule has 0 aromatic carbocycles. The molecule has 0 spiro atoms. The van der Waals surface area contributed by atoms with Crippen molar-refractivity contribution in [3.8, 4) is 6.07 Å². The number of hydrogen-bond donors (Lipinski definition) is 0. The molecule has 2 atom stereocenters. The molecule has 0 aromatic heterocycles. The van der Waals surface area contributed by atoms with E-state index in [0.717, 1.165) is 25.8 Å². The fraction of sp³-hybridized carbons (Fsp3) is 0.833. The molecule has 86 valence electrons. The molecule has 3 nitrogen and oxygen atoms in total. The summed E-state index contributed by atoms with van der Waals surface area (Å²) in [5, 5.41) is 8.74. The number of carbonyl (C=O) groups is 1. The molecule has 0 rings (SSSR count). The molecule has 3 heteroatoms. The Hall–Kier alpha value is -1.04. The van der Waals surface area contributed by atoms with Gasteiger partial charge in [-0.05, 0) is 26.7 Å². The first kappa shape index (κ1) is 14.0. The third kappa shape index (κ3) is 4.33. The molecule has 0 heterocycles. The predicted molar refractivity (Wildman–Crippen MR) is 61.2 cm³/mol. The third-order valence-corrected chi connectivity index (χ3v) is 2.72. The van der Waals surface area contributed by atoms with Crippen LogP contribution in [0.1, 0.15) is 47.0 Å². The van der Waals surface area contributed by atoms with E-state index in [1.54, 1.807) is 6.92 Å². The van der Waals surface area contributed by atoms with E-state index in [1.165, 1.54) is 0 Å². The Labute approximate surface area is 93.1 Å². The molecule has 0 saturated carbocycles. The van der Waals surface area contributed by atoms with Crippen LogP contribution in [0.2, 0.25) is 0 Å². The van der Waals surface area contributed by atoms with Crippen molar-refractivity contribution >= 4 is 5.91 Å². The molecule has 0 saturated heterocycles. The van der Waals surface area contributed by atoms with Gasteiger partial charge in [0.25, 0.3) is 0 Å². The van der Waals surface area contributed by atoms with E-state index in [1.807, 2.05) is 17.9 Å². The van der Waals surface area contributed by atoms with Crippen molar-refractivity contribution in [3.05, 3.63) is 0 Å². The first-order valence-electron chi connectivity index (χ1n) is 5.78. The van der Waals surface area contributed by atoms with E-state index in [-0.39, 0.29) is 11.9 Å². The lowest BCUT2D eigenvalue weighted by Crippen LogP contribution is -2.41. The van der Waals surface area contributed by atoms with Crippen LogP contribution in [0, 0.1) is 17.2 Å². The Bertz CT molecular complexity index is 232. The Balaban J connectivity index is 4.48. The molecule has 0 fully saturated rings. The summed E-state index contributed by atoms with van der Waals surface area (Å²) in [4.78, 5) is 13.7. The Morgan fingerprint density at radius 1 is 1.40 bits per heavy atom. The number of rotatable bonds is 6. The summed E-state index contributed by atoms with van der Waals surface area (Å²) in [7, 11) is 0. The van der Waals surface area contributed by atoms with Crippen LogP contribution in [-0.2, 0) is 4.79 Å². The highest BCUT2D eigenvalue weighted by atomic mass is 16.2. The van der Waals surface area contributed by atoms with Crippen LogP contribution in [0.15, 0.2) is 0 Å². The summed E-state index contributed by atoms with van der Waals surface area (Å²) in [5.74, 6) is -0.545. The summed E-state index contributed by atoms with van der Waals surface area (Å²) >= 11 is 0. The van der Waals surface area contributed by atoms with E-state index in [0.29, 0.717) is 0 Å². The third-order valence-electron chi connectivity index (χ3n) is 2.72. The van der Waals surface area contributed by atoms with E-state index in [9.17, 15) is 4.79 Å². The van der Waals surface area contributed by atoms with Crippen molar-refractivity contribution in [1.29, 1.82) is 5.26 Å². The molecule has 0 aliphatic heterocycles. The maximum atomic E-state index is 11.9. The summed E-state index contributed by atoms with van der Waals surface area (Å²) in [6.45, 7) is 8.65. The minimum absolute atomic E-state index is 0.0275. The number of amides is 1. The van der Waals surface area contributed by atoms with Crippen molar-refractivity contribution in [2.75, 3.05) is 6.54 Å². The van der Waals surface area contributed by atoms with E-state index in [4.69, 9.17) is 5.26 Å². The summed E-state index contributed by atoms with van der Waals surface area (Å²) < 4.78 is 0. The van der Waals surface area contributed by atoms with Gasteiger partial charge in [0.05, 0.1) is 6.07 Å². The van der Waals surface area contributed by atoms with Crippen LogP contribution in [0.5, 0.6) is 0 Å². The van der Waals surface area contributed by atoms with Crippen molar-refractivity contribution in [2.45, 2.75) is 53.0 Å². The zero-order chi connectivity index (χ0) is 11.8. The average Bonchev–Trinajstić information content (AvgIpc) is 2.27. The normalized spacial score (nSPS) is 14.1. The van der Waals surface area contributed by atoms with Crippen LogP contribution in [-0.4, -0.2) is 23.4 Å². The van der Waals surface area contributed by atoms with Crippen molar-refractivity contribution < 1.29 is 4.79 Å². The fourth-order valence-corrected chi connectivity index (χ4v) is 1.40. The molecule has 0 radical (unpaired) electrons. The standard InChI is InChI=1S/C12H22N2O/c1-5-7-8-14(11(4)6-2)12(15)10(3)9-13/h10-11H,5-8H2,1-4H3.